The van der Waals surface area contributed by atoms with Crippen LogP contribution in [0.4, 0.5) is 0 Å². The Balaban J connectivity index is 1.92. The fourth-order valence-electron chi connectivity index (χ4n) is 5.00. The van der Waals surface area contributed by atoms with Crippen LogP contribution in [0.1, 0.15) is 58.8 Å². The molecular weight excluding hydrogens is 559 g/mol. The van der Waals surface area contributed by atoms with Gasteiger partial charge in [-0.05, 0) is 65.5 Å². The molecule has 0 aliphatic heterocycles. The van der Waals surface area contributed by atoms with E-state index in [4.69, 9.17) is 9.84 Å². The van der Waals surface area contributed by atoms with Gasteiger partial charge in [0, 0.05) is 31.5 Å². The molecule has 1 aromatic carbocycles. The maximum absolute atomic E-state index is 13.5. The summed E-state index contributed by atoms with van der Waals surface area (Å²) in [4.78, 5) is 28.2. The number of nitrogens with one attached hydrogen (secondary N) is 1. The Morgan fingerprint density at radius 2 is 1.91 bits per heavy atom. The lowest BCUT2D eigenvalue weighted by Crippen LogP contribution is -2.56. The van der Waals surface area contributed by atoms with E-state index in [2.05, 4.69) is 27.9 Å². The molecule has 3 unspecified atom stereocenters. The summed E-state index contributed by atoms with van der Waals surface area (Å²) in [6, 6.07) is 6.97. The average molecular weight is 599 g/mol. The van der Waals surface area contributed by atoms with Gasteiger partial charge in [0.2, 0.25) is 11.8 Å². The van der Waals surface area contributed by atoms with Crippen LogP contribution in [0.25, 0.3) is 0 Å². The van der Waals surface area contributed by atoms with Crippen LogP contribution >= 0.6 is 22.6 Å². The molecule has 0 saturated heterocycles. The Morgan fingerprint density at radius 1 is 1.20 bits per heavy atom. The first-order valence-electron chi connectivity index (χ1n) is 12.8. The minimum Gasteiger partial charge on any atom is -0.482 e. The molecule has 35 heavy (non-hydrogen) atoms. The highest BCUT2D eigenvalue weighted by Crippen LogP contribution is 2.32. The molecule has 3 atom stereocenters. The third-order valence-electron chi connectivity index (χ3n) is 6.80. The first-order chi connectivity index (χ1) is 16.8. The maximum atomic E-state index is 13.5. The number of ether oxygens (including phenoxy) is 1. The molecule has 1 aromatic rings. The Bertz CT molecular complexity index is 884. The molecule has 8 heteroatoms. The van der Waals surface area contributed by atoms with Crippen molar-refractivity contribution >= 4 is 34.4 Å². The topological polar surface area (TPSA) is 99.1 Å². The molecule has 0 bridgehead atoms. The highest BCUT2D eigenvalue weighted by atomic mass is 127. The lowest BCUT2D eigenvalue weighted by Gasteiger charge is -2.42. The summed E-state index contributed by atoms with van der Waals surface area (Å²) in [5.41, 5.74) is 0.468. The Hall–Kier alpha value is -1.65. The van der Waals surface area contributed by atoms with E-state index in [0.717, 1.165) is 29.3 Å². The van der Waals surface area contributed by atoms with Gasteiger partial charge in [-0.15, -0.1) is 0 Å². The summed E-state index contributed by atoms with van der Waals surface area (Å²) >= 11 is 2.18. The van der Waals surface area contributed by atoms with Gasteiger partial charge in [0.25, 0.3) is 0 Å². The van der Waals surface area contributed by atoms with E-state index in [1.807, 2.05) is 43.0 Å². The van der Waals surface area contributed by atoms with Crippen molar-refractivity contribution in [1.82, 2.24) is 10.2 Å². The van der Waals surface area contributed by atoms with Crippen LogP contribution in [0.5, 0.6) is 5.75 Å². The predicted molar refractivity (Wildman–Crippen MR) is 144 cm³/mol. The van der Waals surface area contributed by atoms with Crippen LogP contribution in [0.2, 0.25) is 0 Å². The highest BCUT2D eigenvalue weighted by molar-refractivity contribution is 14.1. The van der Waals surface area contributed by atoms with E-state index in [1.165, 1.54) is 6.42 Å². The van der Waals surface area contributed by atoms with Crippen molar-refractivity contribution in [3.05, 3.63) is 39.5 Å². The first kappa shape index (κ1) is 27.9. The summed E-state index contributed by atoms with van der Waals surface area (Å²) in [5, 5.41) is 23.4. The molecular formula is C27H39IN2O5. The highest BCUT2D eigenvalue weighted by Gasteiger charge is 2.41. The van der Waals surface area contributed by atoms with Crippen molar-refractivity contribution in [3.63, 3.8) is 0 Å². The normalized spacial score (nSPS) is 23.0. The van der Waals surface area contributed by atoms with Crippen molar-refractivity contribution in [2.24, 2.45) is 11.8 Å². The number of hydrogen-bond donors (Lipinski definition) is 3. The van der Waals surface area contributed by atoms with Crippen molar-refractivity contribution in [2.75, 3.05) is 19.7 Å². The number of rotatable bonds is 10. The summed E-state index contributed by atoms with van der Waals surface area (Å²) in [6.45, 7) is 4.61. The van der Waals surface area contributed by atoms with Crippen molar-refractivity contribution in [2.45, 2.75) is 77.0 Å². The monoisotopic (exact) mass is 598 g/mol. The van der Waals surface area contributed by atoms with Gasteiger partial charge in [0.15, 0.2) is 0 Å². The molecule has 1 fully saturated rings. The summed E-state index contributed by atoms with van der Waals surface area (Å²) in [6.07, 6.45) is 6.28. The van der Waals surface area contributed by atoms with Gasteiger partial charge in [0.1, 0.15) is 18.0 Å². The zero-order chi connectivity index (χ0) is 25.4. The number of benzene rings is 1. The molecule has 2 amide bonds. The zero-order valence-electron chi connectivity index (χ0n) is 20.8. The number of halogens is 1. The molecule has 0 heterocycles. The van der Waals surface area contributed by atoms with Crippen LogP contribution in [0, 0.1) is 15.4 Å². The third-order valence-corrected chi connectivity index (χ3v) is 7.69. The Morgan fingerprint density at radius 3 is 2.57 bits per heavy atom. The van der Waals surface area contributed by atoms with Gasteiger partial charge in [-0.2, -0.15) is 0 Å². The largest absolute Gasteiger partial charge is 0.482 e. The smallest absolute Gasteiger partial charge is 0.247 e. The van der Waals surface area contributed by atoms with Crippen molar-refractivity contribution < 1.29 is 24.5 Å². The number of aliphatic hydroxyl groups excluding tert-OH is 2. The van der Waals surface area contributed by atoms with Gasteiger partial charge in [-0.1, -0.05) is 45.2 Å². The SMILES string of the molecule is CC(C)CC(=O)N(CC1CCCCC1)C1CC(C(=O)NCCO)=CC(Oc2ccccc2I)C1O. The molecule has 0 radical (unpaired) electrons. The number of carbonyl (C=O) groups is 2. The fraction of sp³-hybridized carbons (Fsp3) is 0.630. The molecule has 2 aliphatic carbocycles. The molecule has 2 aliphatic rings. The van der Waals surface area contributed by atoms with Gasteiger partial charge in [-0.3, -0.25) is 9.59 Å². The quantitative estimate of drug-likeness (QED) is 0.358. The standard InChI is InChI=1S/C27H39IN2O5/c1-18(2)14-25(32)30(17-19-8-4-3-5-9-19)22-15-20(27(34)29-12-13-31)16-24(26(22)33)35-23-11-7-6-10-21(23)28/h6-7,10-11,16,18-19,22,24,26,31,33H,3-5,8-9,12-15,17H2,1-2H3,(H,29,34). The van der Waals surface area contributed by atoms with Crippen LogP contribution in [-0.2, 0) is 9.59 Å². The Labute approximate surface area is 222 Å². The van der Waals surface area contributed by atoms with E-state index >= 15 is 0 Å². The van der Waals surface area contributed by atoms with Crippen LogP contribution < -0.4 is 10.1 Å². The van der Waals surface area contributed by atoms with Crippen molar-refractivity contribution in [1.29, 1.82) is 0 Å². The third kappa shape index (κ3) is 7.92. The second kappa shape index (κ2) is 13.6. The number of aliphatic hydroxyl groups is 2. The first-order valence-corrected chi connectivity index (χ1v) is 13.9. The fourth-order valence-corrected chi connectivity index (χ4v) is 5.52. The molecule has 7 nitrogen and oxygen atoms in total. The minimum absolute atomic E-state index is 0.0136. The van der Waals surface area contributed by atoms with Gasteiger partial charge < -0.3 is 25.2 Å². The van der Waals surface area contributed by atoms with E-state index < -0.39 is 18.2 Å². The number of hydrogen-bond acceptors (Lipinski definition) is 5. The maximum Gasteiger partial charge on any atom is 0.247 e. The minimum atomic E-state index is -0.972. The molecule has 0 spiro atoms. The second-order valence-electron chi connectivity index (χ2n) is 10.1. The number of carbonyl (C=O) groups excluding carboxylic acids is 2. The van der Waals surface area contributed by atoms with E-state index in [1.54, 1.807) is 6.08 Å². The van der Waals surface area contributed by atoms with Crippen LogP contribution in [0.3, 0.4) is 0 Å². The van der Waals surface area contributed by atoms with Crippen LogP contribution in [0.15, 0.2) is 35.9 Å². The summed E-state index contributed by atoms with van der Waals surface area (Å²) < 4.78 is 7.11. The molecule has 194 valence electrons. The Kier molecular flexibility index (Phi) is 10.9. The lowest BCUT2D eigenvalue weighted by molar-refractivity contribution is -0.140. The predicted octanol–water partition coefficient (Wildman–Crippen LogP) is 3.66. The molecule has 3 rings (SSSR count). The van der Waals surface area contributed by atoms with Crippen LogP contribution in [-0.4, -0.2) is 64.9 Å². The van der Waals surface area contributed by atoms with E-state index in [9.17, 15) is 14.7 Å². The lowest BCUT2D eigenvalue weighted by atomic mass is 9.85. The average Bonchev–Trinajstić information content (AvgIpc) is 2.84. The van der Waals surface area contributed by atoms with E-state index in [-0.39, 0.29) is 37.3 Å². The van der Waals surface area contributed by atoms with Crippen molar-refractivity contribution in [3.8, 4) is 5.75 Å². The van der Waals surface area contributed by atoms with Gasteiger partial charge in [0.05, 0.1) is 16.2 Å². The zero-order valence-corrected chi connectivity index (χ0v) is 22.9. The summed E-state index contributed by atoms with van der Waals surface area (Å²) in [7, 11) is 0. The number of para-hydroxylation sites is 1. The van der Waals surface area contributed by atoms with Gasteiger partial charge >= 0.3 is 0 Å². The number of amides is 2. The molecule has 0 aromatic heterocycles. The van der Waals surface area contributed by atoms with E-state index in [0.29, 0.717) is 30.2 Å². The molecule has 1 saturated carbocycles. The van der Waals surface area contributed by atoms with Gasteiger partial charge in [-0.25, -0.2) is 0 Å². The summed E-state index contributed by atoms with van der Waals surface area (Å²) in [5.74, 6) is 0.925. The molecule has 3 N–H and O–H groups in total. The number of nitrogens with zero attached hydrogens (tertiary/aromatic N) is 1. The second-order valence-corrected chi connectivity index (χ2v) is 11.3.